The van der Waals surface area contributed by atoms with Gasteiger partial charge in [-0.1, -0.05) is 52.8 Å². The number of aromatic nitrogens is 1. The third-order valence-electron chi connectivity index (χ3n) is 10.0. The number of nitrogens with zero attached hydrogens (tertiary/aromatic N) is 1. The van der Waals surface area contributed by atoms with Crippen molar-refractivity contribution in [3.63, 3.8) is 0 Å². The van der Waals surface area contributed by atoms with E-state index in [0.717, 1.165) is 65.9 Å². The summed E-state index contributed by atoms with van der Waals surface area (Å²) in [4.78, 5) is 5.42. The monoisotopic (exact) mass is 631 g/mol. The van der Waals surface area contributed by atoms with Gasteiger partial charge in [0.1, 0.15) is 6.10 Å². The van der Waals surface area contributed by atoms with Crippen LogP contribution < -0.4 is 0 Å². The third kappa shape index (κ3) is 6.87. The maximum atomic E-state index is 13.5. The summed E-state index contributed by atoms with van der Waals surface area (Å²) in [5.41, 5.74) is 5.28. The highest BCUT2D eigenvalue weighted by molar-refractivity contribution is 6.74. The summed E-state index contributed by atoms with van der Waals surface area (Å²) in [7, 11) is -2.23. The zero-order valence-corrected chi connectivity index (χ0v) is 28.2. The zero-order chi connectivity index (χ0) is 32.1. The molecule has 1 aromatic carbocycles. The standard InChI is InChI=1S/C35H48F3NO4Si/c1-33(2,3)44(6,7)43-27-21-34(4,5)20-26-29(27)28(22-12-16-41-17-13-22)30(31(39-26)23-14-18-42-19-15-23)32(40)24-8-10-25(11-9-24)35(36,37)38/h8-12,23,27,32,40H,13-21H2,1-7H3/t27-,32?/m1/s1. The molecule has 0 radical (unpaired) electrons. The second-order valence-corrected chi connectivity index (χ2v) is 19.8. The molecular weight excluding hydrogens is 583 g/mol. The first kappa shape index (κ1) is 33.3. The Morgan fingerprint density at radius 3 is 2.25 bits per heavy atom. The minimum atomic E-state index is -4.46. The van der Waals surface area contributed by atoms with E-state index in [0.29, 0.717) is 44.0 Å². The van der Waals surface area contributed by atoms with Crippen molar-refractivity contribution in [1.82, 2.24) is 4.98 Å². The maximum Gasteiger partial charge on any atom is 0.416 e. The van der Waals surface area contributed by atoms with E-state index in [4.69, 9.17) is 18.9 Å². The van der Waals surface area contributed by atoms with E-state index in [1.807, 2.05) is 0 Å². The van der Waals surface area contributed by atoms with Gasteiger partial charge in [0.15, 0.2) is 8.32 Å². The van der Waals surface area contributed by atoms with E-state index in [1.165, 1.54) is 12.1 Å². The van der Waals surface area contributed by atoms with Crippen molar-refractivity contribution in [2.75, 3.05) is 26.4 Å². The lowest BCUT2D eigenvalue weighted by Gasteiger charge is -2.45. The van der Waals surface area contributed by atoms with Gasteiger partial charge in [-0.25, -0.2) is 0 Å². The topological polar surface area (TPSA) is 60.8 Å². The van der Waals surface area contributed by atoms with Crippen molar-refractivity contribution in [3.05, 3.63) is 69.5 Å². The molecule has 1 unspecified atom stereocenters. The van der Waals surface area contributed by atoms with Gasteiger partial charge in [-0.15, -0.1) is 0 Å². The first-order valence-electron chi connectivity index (χ1n) is 15.9. The van der Waals surface area contributed by atoms with Crippen LogP contribution in [0.3, 0.4) is 0 Å². The molecule has 1 saturated heterocycles. The molecule has 2 aromatic rings. The SMILES string of the molecule is CC1(C)Cc2nc(C3CCOCC3)c(C(O)c3ccc(C(F)(F)F)cc3)c(C3=CCOCC3)c2[C@H](O[Si](C)(C)C(C)(C)C)C1. The first-order valence-corrected chi connectivity index (χ1v) is 18.8. The Morgan fingerprint density at radius 2 is 1.68 bits per heavy atom. The Hall–Kier alpha value is -2.04. The summed E-state index contributed by atoms with van der Waals surface area (Å²) in [5.74, 6) is 0.0668. The van der Waals surface area contributed by atoms with Crippen LogP contribution in [-0.4, -0.2) is 44.8 Å². The van der Waals surface area contributed by atoms with Crippen LogP contribution in [0.1, 0.15) is 118 Å². The number of pyridine rings is 1. The van der Waals surface area contributed by atoms with Crippen LogP contribution >= 0.6 is 0 Å². The lowest BCUT2D eigenvalue weighted by atomic mass is 9.70. The number of hydrogen-bond acceptors (Lipinski definition) is 5. The number of hydrogen-bond donors (Lipinski definition) is 1. The largest absolute Gasteiger partial charge is 0.416 e. The van der Waals surface area contributed by atoms with Crippen molar-refractivity contribution in [2.24, 2.45) is 5.41 Å². The lowest BCUT2D eigenvalue weighted by Crippen LogP contribution is -2.44. The third-order valence-corrected chi connectivity index (χ3v) is 14.5. The van der Waals surface area contributed by atoms with Gasteiger partial charge >= 0.3 is 6.18 Å². The molecule has 1 N–H and O–H groups in total. The van der Waals surface area contributed by atoms with Crippen molar-refractivity contribution in [1.29, 1.82) is 0 Å². The van der Waals surface area contributed by atoms with Gasteiger partial charge in [-0.05, 0) is 84.5 Å². The fraction of sp³-hybridized carbons (Fsp3) is 0.629. The maximum absolute atomic E-state index is 13.5. The molecule has 1 aliphatic carbocycles. The molecule has 5 nitrogen and oxygen atoms in total. The average molecular weight is 632 g/mol. The Kier molecular flexibility index (Phi) is 9.30. The van der Waals surface area contributed by atoms with Gasteiger partial charge in [0.25, 0.3) is 0 Å². The summed E-state index contributed by atoms with van der Waals surface area (Å²) in [6.45, 7) is 18.0. The molecule has 0 saturated carbocycles. The number of ether oxygens (including phenoxy) is 2. The number of rotatable bonds is 6. The Morgan fingerprint density at radius 1 is 1.02 bits per heavy atom. The minimum absolute atomic E-state index is 0.00903. The predicted octanol–water partition coefficient (Wildman–Crippen LogP) is 8.92. The van der Waals surface area contributed by atoms with Crippen LogP contribution in [0, 0.1) is 5.41 Å². The molecule has 1 fully saturated rings. The number of aliphatic hydroxyl groups is 1. The number of aliphatic hydroxyl groups excluding tert-OH is 1. The Balaban J connectivity index is 1.78. The Bertz CT molecular complexity index is 1370. The molecule has 9 heteroatoms. The highest BCUT2D eigenvalue weighted by atomic mass is 28.4. The van der Waals surface area contributed by atoms with E-state index in [1.54, 1.807) is 0 Å². The minimum Gasteiger partial charge on any atom is -0.410 e. The molecule has 2 aliphatic heterocycles. The molecule has 3 aliphatic rings. The molecular formula is C35H48F3NO4Si. The highest BCUT2D eigenvalue weighted by Crippen LogP contribution is 2.52. The summed E-state index contributed by atoms with van der Waals surface area (Å²) in [5, 5.41) is 12.2. The lowest BCUT2D eigenvalue weighted by molar-refractivity contribution is -0.137. The van der Waals surface area contributed by atoms with Crippen molar-refractivity contribution in [2.45, 2.75) is 109 Å². The molecule has 1 aromatic heterocycles. The fourth-order valence-electron chi connectivity index (χ4n) is 6.61. The molecule has 242 valence electrons. The van der Waals surface area contributed by atoms with Crippen LogP contribution in [-0.2, 0) is 26.5 Å². The van der Waals surface area contributed by atoms with E-state index in [9.17, 15) is 18.3 Å². The zero-order valence-electron chi connectivity index (χ0n) is 27.2. The first-order chi connectivity index (χ1) is 20.5. The van der Waals surface area contributed by atoms with Crippen LogP contribution in [0.15, 0.2) is 30.3 Å². The average Bonchev–Trinajstić information content (AvgIpc) is 2.95. The van der Waals surface area contributed by atoms with E-state index in [-0.39, 0.29) is 22.5 Å². The number of benzene rings is 1. The van der Waals surface area contributed by atoms with Crippen molar-refractivity contribution >= 4 is 13.9 Å². The quantitative estimate of drug-likeness (QED) is 0.323. The van der Waals surface area contributed by atoms with E-state index in [2.05, 4.69) is 53.8 Å². The van der Waals surface area contributed by atoms with Crippen LogP contribution in [0.25, 0.3) is 5.57 Å². The van der Waals surface area contributed by atoms with E-state index < -0.39 is 26.2 Å². The van der Waals surface area contributed by atoms with Crippen molar-refractivity contribution in [3.8, 4) is 0 Å². The predicted molar refractivity (Wildman–Crippen MR) is 169 cm³/mol. The second kappa shape index (κ2) is 12.3. The van der Waals surface area contributed by atoms with Crippen LogP contribution in [0.4, 0.5) is 13.2 Å². The van der Waals surface area contributed by atoms with Crippen LogP contribution in [0.5, 0.6) is 0 Å². The van der Waals surface area contributed by atoms with Gasteiger partial charge in [0.2, 0.25) is 0 Å². The summed E-state index contributed by atoms with van der Waals surface area (Å²) < 4.78 is 59.0. The highest BCUT2D eigenvalue weighted by Gasteiger charge is 2.45. The van der Waals surface area contributed by atoms with Crippen molar-refractivity contribution < 1.29 is 32.2 Å². The van der Waals surface area contributed by atoms with Gasteiger partial charge in [-0.3, -0.25) is 4.98 Å². The number of alkyl halides is 3. The fourth-order valence-corrected chi connectivity index (χ4v) is 7.87. The number of halogens is 3. The van der Waals surface area contributed by atoms with Gasteiger partial charge in [0.05, 0.1) is 30.6 Å². The summed E-state index contributed by atoms with van der Waals surface area (Å²) >= 11 is 0. The van der Waals surface area contributed by atoms with Crippen LogP contribution in [0.2, 0.25) is 18.1 Å². The Labute approximate surface area is 261 Å². The van der Waals surface area contributed by atoms with Gasteiger partial charge in [0, 0.05) is 36.0 Å². The molecule has 0 bridgehead atoms. The normalized spacial score (nSPS) is 22.3. The molecule has 3 heterocycles. The smallest absolute Gasteiger partial charge is 0.410 e. The summed E-state index contributed by atoms with van der Waals surface area (Å²) in [6, 6.07) is 4.90. The van der Waals surface area contributed by atoms with E-state index >= 15 is 0 Å². The second-order valence-electron chi connectivity index (χ2n) is 15.0. The van der Waals surface area contributed by atoms with Gasteiger partial charge < -0.3 is 19.0 Å². The molecule has 0 spiro atoms. The van der Waals surface area contributed by atoms with Gasteiger partial charge in [-0.2, -0.15) is 13.2 Å². The molecule has 0 amide bonds. The molecule has 5 rings (SSSR count). The molecule has 44 heavy (non-hydrogen) atoms. The molecule has 2 atom stereocenters. The number of fused-ring (bicyclic) bond motifs is 1. The summed E-state index contributed by atoms with van der Waals surface area (Å²) in [6.07, 6.45) is 0.0783.